The summed E-state index contributed by atoms with van der Waals surface area (Å²) >= 11 is 0. The summed E-state index contributed by atoms with van der Waals surface area (Å²) in [6, 6.07) is 24.6. The number of hydrogen-bond acceptors (Lipinski definition) is 4. The van der Waals surface area contributed by atoms with Crippen LogP contribution < -0.4 is 10.6 Å². The molecule has 1 saturated carbocycles. The van der Waals surface area contributed by atoms with Crippen LogP contribution in [0.2, 0.25) is 0 Å². The Morgan fingerprint density at radius 1 is 0.875 bits per heavy atom. The second-order valence-electron chi connectivity index (χ2n) is 8.20. The lowest BCUT2D eigenvalue weighted by atomic mass is 10.0. The molecule has 0 spiro atoms. The molecule has 6 heteroatoms. The number of nitrogens with one attached hydrogen (secondary N) is 2. The Balaban J connectivity index is 1.39. The van der Waals surface area contributed by atoms with Gasteiger partial charge in [0.2, 0.25) is 5.91 Å². The van der Waals surface area contributed by atoms with E-state index >= 15 is 0 Å². The number of carbonyl (C=O) groups excluding carboxylic acids is 1. The van der Waals surface area contributed by atoms with Gasteiger partial charge in [-0.05, 0) is 54.7 Å². The van der Waals surface area contributed by atoms with Crippen molar-refractivity contribution in [1.29, 1.82) is 0 Å². The number of para-hydroxylation sites is 1. The molecule has 1 aliphatic rings. The van der Waals surface area contributed by atoms with Crippen LogP contribution in [0, 0.1) is 0 Å². The SMILES string of the molecule is O=C(CNc1cccc(S(=O)(=O)C2CCCC2)c1)Nc1ccccc1Cc1ccccc1. The van der Waals surface area contributed by atoms with E-state index in [-0.39, 0.29) is 17.7 Å². The summed E-state index contributed by atoms with van der Waals surface area (Å²) in [5.41, 5.74) is 3.61. The molecular formula is C26H28N2O3S. The topological polar surface area (TPSA) is 75.3 Å². The van der Waals surface area contributed by atoms with Crippen LogP contribution in [-0.4, -0.2) is 26.1 Å². The summed E-state index contributed by atoms with van der Waals surface area (Å²) in [6.07, 6.45) is 4.11. The molecule has 0 unspecified atom stereocenters. The zero-order valence-electron chi connectivity index (χ0n) is 18.0. The minimum absolute atomic E-state index is 0.0482. The zero-order valence-corrected chi connectivity index (χ0v) is 18.8. The third kappa shape index (κ3) is 5.37. The molecule has 3 aromatic rings. The van der Waals surface area contributed by atoms with Gasteiger partial charge in [-0.2, -0.15) is 0 Å². The van der Waals surface area contributed by atoms with Gasteiger partial charge >= 0.3 is 0 Å². The molecule has 0 bridgehead atoms. The van der Waals surface area contributed by atoms with Crippen LogP contribution in [0.25, 0.3) is 0 Å². The van der Waals surface area contributed by atoms with Crippen molar-refractivity contribution < 1.29 is 13.2 Å². The van der Waals surface area contributed by atoms with Crippen molar-refractivity contribution in [2.45, 2.75) is 42.2 Å². The van der Waals surface area contributed by atoms with E-state index in [4.69, 9.17) is 0 Å². The summed E-state index contributed by atoms with van der Waals surface area (Å²) < 4.78 is 25.7. The van der Waals surface area contributed by atoms with Gasteiger partial charge in [0.05, 0.1) is 16.7 Å². The van der Waals surface area contributed by atoms with Crippen molar-refractivity contribution in [3.05, 3.63) is 90.0 Å². The van der Waals surface area contributed by atoms with E-state index in [0.29, 0.717) is 10.6 Å². The molecule has 1 aliphatic carbocycles. The highest BCUT2D eigenvalue weighted by Gasteiger charge is 2.30. The zero-order chi connectivity index (χ0) is 22.4. The van der Waals surface area contributed by atoms with Gasteiger partial charge in [-0.1, -0.05) is 67.4 Å². The van der Waals surface area contributed by atoms with Crippen LogP contribution in [-0.2, 0) is 21.1 Å². The minimum atomic E-state index is -3.32. The Morgan fingerprint density at radius 3 is 2.38 bits per heavy atom. The van der Waals surface area contributed by atoms with E-state index in [1.54, 1.807) is 24.3 Å². The van der Waals surface area contributed by atoms with Crippen molar-refractivity contribution in [3.8, 4) is 0 Å². The van der Waals surface area contributed by atoms with Gasteiger partial charge in [-0.15, -0.1) is 0 Å². The fourth-order valence-electron chi connectivity index (χ4n) is 4.16. The minimum Gasteiger partial charge on any atom is -0.376 e. The maximum Gasteiger partial charge on any atom is 0.243 e. The molecule has 2 N–H and O–H groups in total. The van der Waals surface area contributed by atoms with Gasteiger partial charge in [0.25, 0.3) is 0 Å². The summed E-state index contributed by atoms with van der Waals surface area (Å²) in [4.78, 5) is 12.9. The first-order valence-electron chi connectivity index (χ1n) is 11.0. The highest BCUT2D eigenvalue weighted by molar-refractivity contribution is 7.92. The molecule has 32 heavy (non-hydrogen) atoms. The number of hydrogen-bond donors (Lipinski definition) is 2. The fourth-order valence-corrected chi connectivity index (χ4v) is 6.06. The third-order valence-corrected chi connectivity index (χ3v) is 8.15. The lowest BCUT2D eigenvalue weighted by molar-refractivity contribution is -0.114. The van der Waals surface area contributed by atoms with E-state index in [1.807, 2.05) is 42.5 Å². The molecule has 1 fully saturated rings. The lowest BCUT2D eigenvalue weighted by Crippen LogP contribution is -2.23. The van der Waals surface area contributed by atoms with Gasteiger partial charge in [-0.25, -0.2) is 8.42 Å². The summed E-state index contributed by atoms with van der Waals surface area (Å²) in [5.74, 6) is -0.186. The van der Waals surface area contributed by atoms with Crippen LogP contribution in [0.4, 0.5) is 11.4 Å². The Hall–Kier alpha value is -3.12. The highest BCUT2D eigenvalue weighted by atomic mass is 32.2. The Bertz CT molecular complexity index is 1170. The molecule has 0 aromatic heterocycles. The average Bonchev–Trinajstić information content (AvgIpc) is 3.36. The third-order valence-electron chi connectivity index (χ3n) is 5.89. The van der Waals surface area contributed by atoms with Crippen LogP contribution >= 0.6 is 0 Å². The van der Waals surface area contributed by atoms with Crippen LogP contribution in [0.5, 0.6) is 0 Å². The summed E-state index contributed by atoms with van der Waals surface area (Å²) in [7, 11) is -3.32. The molecule has 0 atom stereocenters. The largest absolute Gasteiger partial charge is 0.376 e. The van der Waals surface area contributed by atoms with Gasteiger partial charge < -0.3 is 10.6 Å². The van der Waals surface area contributed by atoms with Crippen molar-refractivity contribution in [2.75, 3.05) is 17.2 Å². The molecule has 166 valence electrons. The van der Waals surface area contributed by atoms with E-state index in [9.17, 15) is 13.2 Å². The van der Waals surface area contributed by atoms with Crippen molar-refractivity contribution >= 4 is 27.1 Å². The monoisotopic (exact) mass is 448 g/mol. The van der Waals surface area contributed by atoms with Gasteiger partial charge in [0.1, 0.15) is 0 Å². The molecule has 0 heterocycles. The summed E-state index contributed by atoms with van der Waals surface area (Å²) in [5, 5.41) is 5.74. The van der Waals surface area contributed by atoms with Crippen molar-refractivity contribution in [1.82, 2.24) is 0 Å². The molecule has 3 aromatic carbocycles. The number of rotatable bonds is 8. The van der Waals surface area contributed by atoms with Crippen LogP contribution in [0.1, 0.15) is 36.8 Å². The molecule has 0 aliphatic heterocycles. The summed E-state index contributed by atoms with van der Waals surface area (Å²) in [6.45, 7) is 0.0482. The van der Waals surface area contributed by atoms with Gasteiger partial charge in [0.15, 0.2) is 9.84 Å². The number of anilines is 2. The van der Waals surface area contributed by atoms with Gasteiger partial charge in [0, 0.05) is 11.4 Å². The fraction of sp³-hybridized carbons (Fsp3) is 0.269. The van der Waals surface area contributed by atoms with Crippen LogP contribution in [0.3, 0.4) is 0 Å². The van der Waals surface area contributed by atoms with Crippen LogP contribution in [0.15, 0.2) is 83.8 Å². The first-order chi connectivity index (χ1) is 15.5. The molecule has 0 saturated heterocycles. The lowest BCUT2D eigenvalue weighted by Gasteiger charge is -2.14. The van der Waals surface area contributed by atoms with Crippen molar-refractivity contribution in [2.24, 2.45) is 0 Å². The molecule has 5 nitrogen and oxygen atoms in total. The van der Waals surface area contributed by atoms with E-state index in [1.165, 1.54) is 5.56 Å². The predicted octanol–water partition coefficient (Wildman–Crippen LogP) is 5.04. The first-order valence-corrected chi connectivity index (χ1v) is 12.6. The Labute approximate surface area is 189 Å². The number of carbonyl (C=O) groups is 1. The Kier molecular flexibility index (Phi) is 6.90. The maximum atomic E-state index is 12.8. The second-order valence-corrected chi connectivity index (χ2v) is 10.4. The Morgan fingerprint density at radius 2 is 1.59 bits per heavy atom. The number of amides is 1. The maximum absolute atomic E-state index is 12.8. The quantitative estimate of drug-likeness (QED) is 0.506. The van der Waals surface area contributed by atoms with Crippen molar-refractivity contribution in [3.63, 3.8) is 0 Å². The number of sulfone groups is 1. The molecule has 1 amide bonds. The standard InChI is InChI=1S/C26H28N2O3S/c29-26(28-25-16-7-4-11-21(25)17-20-9-2-1-3-10-20)19-27-22-12-8-15-24(18-22)32(30,31)23-13-5-6-14-23/h1-4,7-12,15-16,18,23,27H,5-6,13-14,17,19H2,(H,28,29). The predicted molar refractivity (Wildman–Crippen MR) is 129 cm³/mol. The average molecular weight is 449 g/mol. The normalized spacial score (nSPS) is 14.2. The highest BCUT2D eigenvalue weighted by Crippen LogP contribution is 2.30. The van der Waals surface area contributed by atoms with E-state index in [0.717, 1.165) is 43.4 Å². The number of benzene rings is 3. The smallest absolute Gasteiger partial charge is 0.243 e. The van der Waals surface area contributed by atoms with E-state index < -0.39 is 9.84 Å². The second kappa shape index (κ2) is 10.0. The van der Waals surface area contributed by atoms with Gasteiger partial charge in [-0.3, -0.25) is 4.79 Å². The molecule has 0 radical (unpaired) electrons. The molecular weight excluding hydrogens is 420 g/mol. The van der Waals surface area contributed by atoms with E-state index in [2.05, 4.69) is 22.8 Å². The first kappa shape index (κ1) is 22.1. The molecule has 4 rings (SSSR count).